The standard InChI is InChI=1S/C15H13F2NO2S/c16-12-6-9(15(19)20)7-13(17)14(12)18(10-3-4-10)8-11-2-1-5-21-11/h1-2,5-7,10H,3-4,8H2,(H,19,20). The summed E-state index contributed by atoms with van der Waals surface area (Å²) >= 11 is 1.53. The molecule has 1 aliphatic rings. The average molecular weight is 309 g/mol. The first kappa shape index (κ1) is 14.0. The molecule has 0 aliphatic heterocycles. The fourth-order valence-electron chi connectivity index (χ4n) is 2.31. The minimum Gasteiger partial charge on any atom is -0.478 e. The zero-order valence-electron chi connectivity index (χ0n) is 11.1. The van der Waals surface area contributed by atoms with E-state index in [2.05, 4.69) is 0 Å². The normalized spacial score (nSPS) is 14.2. The number of nitrogens with zero attached hydrogens (tertiary/aromatic N) is 1. The molecule has 2 aromatic rings. The summed E-state index contributed by atoms with van der Waals surface area (Å²) in [4.78, 5) is 13.6. The van der Waals surface area contributed by atoms with Crippen LogP contribution in [-0.4, -0.2) is 17.1 Å². The van der Waals surface area contributed by atoms with E-state index in [1.165, 1.54) is 11.3 Å². The Kier molecular flexibility index (Phi) is 3.63. The lowest BCUT2D eigenvalue weighted by molar-refractivity contribution is 0.0696. The quantitative estimate of drug-likeness (QED) is 0.911. The summed E-state index contributed by atoms with van der Waals surface area (Å²) in [5, 5.41) is 10.8. The highest BCUT2D eigenvalue weighted by Gasteiger charge is 2.33. The Bertz CT molecular complexity index is 645. The predicted octanol–water partition coefficient (Wildman–Crippen LogP) is 3.89. The molecule has 3 nitrogen and oxygen atoms in total. The van der Waals surface area contributed by atoms with E-state index in [1.807, 2.05) is 17.5 Å². The average Bonchev–Trinajstić information content (AvgIpc) is 3.14. The molecule has 0 atom stereocenters. The molecule has 0 bridgehead atoms. The van der Waals surface area contributed by atoms with Crippen molar-refractivity contribution in [2.75, 3.05) is 4.90 Å². The number of carbonyl (C=O) groups is 1. The van der Waals surface area contributed by atoms with Crippen LogP contribution in [0.3, 0.4) is 0 Å². The smallest absolute Gasteiger partial charge is 0.335 e. The molecule has 0 unspecified atom stereocenters. The van der Waals surface area contributed by atoms with E-state index < -0.39 is 17.6 Å². The molecule has 0 saturated heterocycles. The molecule has 3 rings (SSSR count). The lowest BCUT2D eigenvalue weighted by atomic mass is 10.1. The highest BCUT2D eigenvalue weighted by molar-refractivity contribution is 7.09. The molecule has 0 amide bonds. The molecule has 1 fully saturated rings. The Morgan fingerprint density at radius 3 is 2.48 bits per heavy atom. The van der Waals surface area contributed by atoms with Crippen molar-refractivity contribution < 1.29 is 18.7 Å². The molecule has 1 N–H and O–H groups in total. The zero-order chi connectivity index (χ0) is 15.0. The lowest BCUT2D eigenvalue weighted by Crippen LogP contribution is -2.27. The van der Waals surface area contributed by atoms with Crippen molar-refractivity contribution in [1.82, 2.24) is 0 Å². The first-order valence-corrected chi connectivity index (χ1v) is 7.45. The maximum atomic E-state index is 14.2. The summed E-state index contributed by atoms with van der Waals surface area (Å²) in [7, 11) is 0. The Morgan fingerprint density at radius 2 is 2.00 bits per heavy atom. The van der Waals surface area contributed by atoms with Gasteiger partial charge in [-0.25, -0.2) is 13.6 Å². The van der Waals surface area contributed by atoms with Crippen LogP contribution in [0.15, 0.2) is 29.6 Å². The van der Waals surface area contributed by atoms with Gasteiger partial charge in [0, 0.05) is 10.9 Å². The number of benzene rings is 1. The third-order valence-corrected chi connectivity index (χ3v) is 4.31. The van der Waals surface area contributed by atoms with Crippen LogP contribution in [-0.2, 0) is 6.54 Å². The summed E-state index contributed by atoms with van der Waals surface area (Å²) in [6.45, 7) is 0.433. The van der Waals surface area contributed by atoms with Gasteiger partial charge in [0.25, 0.3) is 0 Å². The maximum absolute atomic E-state index is 14.2. The molecule has 110 valence electrons. The molecule has 21 heavy (non-hydrogen) atoms. The molecular weight excluding hydrogens is 296 g/mol. The van der Waals surface area contributed by atoms with Gasteiger partial charge in [0.2, 0.25) is 0 Å². The van der Waals surface area contributed by atoms with Crippen molar-refractivity contribution in [2.45, 2.75) is 25.4 Å². The molecule has 0 spiro atoms. The molecule has 1 saturated carbocycles. The van der Waals surface area contributed by atoms with Crippen LogP contribution >= 0.6 is 11.3 Å². The predicted molar refractivity (Wildman–Crippen MR) is 76.8 cm³/mol. The molecule has 1 aromatic carbocycles. The van der Waals surface area contributed by atoms with E-state index in [-0.39, 0.29) is 17.3 Å². The van der Waals surface area contributed by atoms with Crippen LogP contribution in [0, 0.1) is 11.6 Å². The van der Waals surface area contributed by atoms with Crippen molar-refractivity contribution >= 4 is 23.0 Å². The molecule has 1 aliphatic carbocycles. The number of hydrogen-bond donors (Lipinski definition) is 1. The van der Waals surface area contributed by atoms with Crippen LogP contribution in [0.1, 0.15) is 28.1 Å². The molecule has 1 heterocycles. The second kappa shape index (κ2) is 5.44. The minimum absolute atomic E-state index is 0.117. The van der Waals surface area contributed by atoms with Gasteiger partial charge in [0.1, 0.15) is 17.3 Å². The van der Waals surface area contributed by atoms with Gasteiger partial charge in [0.15, 0.2) is 0 Å². The zero-order valence-corrected chi connectivity index (χ0v) is 11.9. The number of aromatic carboxylic acids is 1. The fraction of sp³-hybridized carbons (Fsp3) is 0.267. The Labute approximate surface area is 124 Å². The van der Waals surface area contributed by atoms with Gasteiger partial charge in [0.05, 0.1) is 12.1 Å². The fourth-order valence-corrected chi connectivity index (χ4v) is 3.01. The Hall–Kier alpha value is -1.95. The number of hydrogen-bond acceptors (Lipinski definition) is 3. The van der Waals surface area contributed by atoms with E-state index in [0.717, 1.165) is 29.9 Å². The number of rotatable bonds is 5. The summed E-state index contributed by atoms with van der Waals surface area (Å²) in [6.07, 6.45) is 1.79. The number of carboxylic acids is 1. The van der Waals surface area contributed by atoms with Gasteiger partial charge in [-0.2, -0.15) is 0 Å². The van der Waals surface area contributed by atoms with E-state index in [4.69, 9.17) is 5.11 Å². The topological polar surface area (TPSA) is 40.5 Å². The first-order valence-electron chi connectivity index (χ1n) is 6.57. The maximum Gasteiger partial charge on any atom is 0.335 e. The first-order chi connectivity index (χ1) is 10.1. The van der Waals surface area contributed by atoms with Crippen molar-refractivity contribution in [3.63, 3.8) is 0 Å². The van der Waals surface area contributed by atoms with Crippen LogP contribution in [0.2, 0.25) is 0 Å². The lowest BCUT2D eigenvalue weighted by Gasteiger charge is -2.25. The second-order valence-corrected chi connectivity index (χ2v) is 6.06. The van der Waals surface area contributed by atoms with Crippen molar-refractivity contribution in [3.05, 3.63) is 51.7 Å². The van der Waals surface area contributed by atoms with Crippen LogP contribution in [0.25, 0.3) is 0 Å². The largest absolute Gasteiger partial charge is 0.478 e. The van der Waals surface area contributed by atoms with Crippen molar-refractivity contribution in [1.29, 1.82) is 0 Å². The SMILES string of the molecule is O=C(O)c1cc(F)c(N(Cc2cccs2)C2CC2)c(F)c1. The van der Waals surface area contributed by atoms with Crippen LogP contribution in [0.4, 0.5) is 14.5 Å². The Balaban J connectivity index is 1.97. The second-order valence-electron chi connectivity index (χ2n) is 5.03. The third kappa shape index (κ3) is 2.90. The van der Waals surface area contributed by atoms with Gasteiger partial charge >= 0.3 is 5.97 Å². The summed E-state index contributed by atoms with van der Waals surface area (Å²) in [5.41, 5.74) is -0.503. The van der Waals surface area contributed by atoms with E-state index in [0.29, 0.717) is 6.54 Å². The monoisotopic (exact) mass is 309 g/mol. The van der Waals surface area contributed by atoms with E-state index in [1.54, 1.807) is 4.90 Å². The number of thiophene rings is 1. The highest BCUT2D eigenvalue weighted by Crippen LogP contribution is 2.37. The van der Waals surface area contributed by atoms with Gasteiger partial charge in [-0.05, 0) is 36.4 Å². The highest BCUT2D eigenvalue weighted by atomic mass is 32.1. The number of anilines is 1. The van der Waals surface area contributed by atoms with Crippen molar-refractivity contribution in [3.8, 4) is 0 Å². The van der Waals surface area contributed by atoms with Crippen LogP contribution < -0.4 is 4.90 Å². The van der Waals surface area contributed by atoms with Gasteiger partial charge in [-0.15, -0.1) is 11.3 Å². The minimum atomic E-state index is -1.34. The number of halogens is 2. The summed E-state index contributed by atoms with van der Waals surface area (Å²) < 4.78 is 28.4. The van der Waals surface area contributed by atoms with Crippen molar-refractivity contribution in [2.24, 2.45) is 0 Å². The van der Waals surface area contributed by atoms with E-state index >= 15 is 0 Å². The summed E-state index contributed by atoms with van der Waals surface area (Å²) in [5.74, 6) is -2.98. The van der Waals surface area contributed by atoms with Crippen LogP contribution in [0.5, 0.6) is 0 Å². The molecule has 6 heteroatoms. The summed E-state index contributed by atoms with van der Waals surface area (Å²) in [6, 6.07) is 5.69. The molecule has 0 radical (unpaired) electrons. The van der Waals surface area contributed by atoms with Gasteiger partial charge < -0.3 is 10.0 Å². The number of carboxylic acid groups (broad SMARTS) is 1. The van der Waals surface area contributed by atoms with E-state index in [9.17, 15) is 13.6 Å². The third-order valence-electron chi connectivity index (χ3n) is 3.44. The van der Waals surface area contributed by atoms with Gasteiger partial charge in [-0.3, -0.25) is 0 Å². The Morgan fingerprint density at radius 1 is 1.33 bits per heavy atom. The molecule has 1 aromatic heterocycles. The van der Waals surface area contributed by atoms with Gasteiger partial charge in [-0.1, -0.05) is 6.07 Å². The molecular formula is C15H13F2NO2S.